The third-order valence-electron chi connectivity index (χ3n) is 4.25. The lowest BCUT2D eigenvalue weighted by Crippen LogP contribution is -2.29. The zero-order chi connectivity index (χ0) is 14.7. The molecule has 1 saturated heterocycles. The second kappa shape index (κ2) is 6.24. The Kier molecular flexibility index (Phi) is 4.18. The van der Waals surface area contributed by atoms with E-state index in [1.54, 1.807) is 23.1 Å². The van der Waals surface area contributed by atoms with Gasteiger partial charge in [-0.25, -0.2) is 9.78 Å². The van der Waals surface area contributed by atoms with Gasteiger partial charge in [0.2, 0.25) is 0 Å². The fourth-order valence-electron chi connectivity index (χ4n) is 2.68. The van der Waals surface area contributed by atoms with Gasteiger partial charge >= 0.3 is 5.97 Å². The molecule has 1 aliphatic heterocycles. The molecule has 1 aromatic heterocycles. The quantitative estimate of drug-likeness (QED) is 0.797. The number of carbonyl (C=O) groups is 2. The summed E-state index contributed by atoms with van der Waals surface area (Å²) in [5.41, 5.74) is 0.550. The molecule has 0 unspecified atom stereocenters. The molecular formula is C16H20N2O3. The summed E-state index contributed by atoms with van der Waals surface area (Å²) in [5, 5.41) is 0. The number of ether oxygens (including phenoxy) is 1. The first kappa shape index (κ1) is 14.0. The van der Waals surface area contributed by atoms with Crippen LogP contribution in [-0.4, -0.2) is 41.5 Å². The number of amides is 1. The summed E-state index contributed by atoms with van der Waals surface area (Å²) in [6, 6.07) is 4.95. The molecule has 1 aromatic rings. The minimum Gasteiger partial charge on any atom is -0.461 e. The highest BCUT2D eigenvalue weighted by atomic mass is 16.5. The smallest absolute Gasteiger partial charge is 0.356 e. The number of esters is 1. The number of nitrogens with zero attached hydrogens (tertiary/aromatic N) is 2. The van der Waals surface area contributed by atoms with Crippen LogP contribution in [0.25, 0.3) is 0 Å². The van der Waals surface area contributed by atoms with Gasteiger partial charge in [0.25, 0.3) is 5.91 Å². The van der Waals surface area contributed by atoms with Crippen molar-refractivity contribution in [2.45, 2.75) is 32.1 Å². The van der Waals surface area contributed by atoms with Gasteiger partial charge in [-0.05, 0) is 43.7 Å². The van der Waals surface area contributed by atoms with E-state index < -0.39 is 5.97 Å². The number of carbonyl (C=O) groups excluding carboxylic acids is 2. The van der Waals surface area contributed by atoms with E-state index in [9.17, 15) is 9.59 Å². The maximum Gasteiger partial charge on any atom is 0.356 e. The highest BCUT2D eigenvalue weighted by molar-refractivity contribution is 5.94. The van der Waals surface area contributed by atoms with Gasteiger partial charge in [0.15, 0.2) is 0 Å². The van der Waals surface area contributed by atoms with E-state index in [0.29, 0.717) is 18.2 Å². The average molecular weight is 288 g/mol. The summed E-state index contributed by atoms with van der Waals surface area (Å²) in [6.45, 7) is 2.01. The van der Waals surface area contributed by atoms with Crippen molar-refractivity contribution in [3.63, 3.8) is 0 Å². The van der Waals surface area contributed by atoms with Gasteiger partial charge < -0.3 is 9.64 Å². The Morgan fingerprint density at radius 2 is 1.86 bits per heavy atom. The molecule has 5 nitrogen and oxygen atoms in total. The van der Waals surface area contributed by atoms with Crippen LogP contribution in [0.1, 0.15) is 53.1 Å². The zero-order valence-electron chi connectivity index (χ0n) is 12.1. The van der Waals surface area contributed by atoms with Gasteiger partial charge in [-0.1, -0.05) is 12.5 Å². The maximum absolute atomic E-state index is 12.3. The summed E-state index contributed by atoms with van der Waals surface area (Å²) < 4.78 is 5.27. The molecule has 0 spiro atoms. The van der Waals surface area contributed by atoms with Gasteiger partial charge in [0.1, 0.15) is 11.4 Å². The third kappa shape index (κ3) is 3.23. The minimum absolute atomic E-state index is 0.0962. The van der Waals surface area contributed by atoms with Crippen LogP contribution in [0.4, 0.5) is 0 Å². The number of rotatable bonds is 4. The van der Waals surface area contributed by atoms with Crippen molar-refractivity contribution < 1.29 is 14.3 Å². The number of pyridine rings is 1. The number of hydrogen-bond acceptors (Lipinski definition) is 4. The van der Waals surface area contributed by atoms with Crippen LogP contribution in [0, 0.1) is 5.92 Å². The molecule has 2 aliphatic rings. The normalized spacial score (nSPS) is 18.4. The number of aromatic nitrogens is 1. The number of hydrogen-bond donors (Lipinski definition) is 0. The molecule has 112 valence electrons. The van der Waals surface area contributed by atoms with Crippen molar-refractivity contribution in [1.82, 2.24) is 9.88 Å². The minimum atomic E-state index is -0.432. The molecule has 0 radical (unpaired) electrons. The third-order valence-corrected chi connectivity index (χ3v) is 4.25. The predicted octanol–water partition coefficient (Wildman–Crippen LogP) is 2.27. The first-order valence-corrected chi connectivity index (χ1v) is 7.67. The molecule has 0 bridgehead atoms. The summed E-state index contributed by atoms with van der Waals surface area (Å²) >= 11 is 0. The van der Waals surface area contributed by atoms with Crippen molar-refractivity contribution in [2.24, 2.45) is 5.92 Å². The lowest BCUT2D eigenvalue weighted by molar-refractivity contribution is 0.0364. The molecule has 3 rings (SSSR count). The Hall–Kier alpha value is -1.91. The molecule has 5 heteroatoms. The van der Waals surface area contributed by atoms with Gasteiger partial charge in [0, 0.05) is 13.1 Å². The second-order valence-electron chi connectivity index (χ2n) is 5.80. The lowest BCUT2D eigenvalue weighted by Gasteiger charge is -2.24. The highest BCUT2D eigenvalue weighted by Crippen LogP contribution is 2.26. The molecule has 0 N–H and O–H groups in total. The predicted molar refractivity (Wildman–Crippen MR) is 77.0 cm³/mol. The van der Waals surface area contributed by atoms with E-state index in [0.717, 1.165) is 38.8 Å². The summed E-state index contributed by atoms with van der Waals surface area (Å²) in [7, 11) is 0. The Bertz CT molecular complexity index is 534. The van der Waals surface area contributed by atoms with Crippen molar-refractivity contribution in [1.29, 1.82) is 0 Å². The van der Waals surface area contributed by atoms with Crippen LogP contribution in [0.5, 0.6) is 0 Å². The van der Waals surface area contributed by atoms with Crippen LogP contribution in [0.2, 0.25) is 0 Å². The van der Waals surface area contributed by atoms with E-state index in [1.165, 1.54) is 6.42 Å². The topological polar surface area (TPSA) is 59.5 Å². The Morgan fingerprint density at radius 3 is 2.52 bits per heavy atom. The fraction of sp³-hybridized carbons (Fsp3) is 0.562. The molecule has 1 saturated carbocycles. The molecule has 2 fully saturated rings. The van der Waals surface area contributed by atoms with Crippen molar-refractivity contribution in [3.8, 4) is 0 Å². The maximum atomic E-state index is 12.3. The first-order chi connectivity index (χ1) is 10.2. The molecule has 2 heterocycles. The molecular weight excluding hydrogens is 268 g/mol. The van der Waals surface area contributed by atoms with Crippen LogP contribution in [-0.2, 0) is 4.74 Å². The summed E-state index contributed by atoms with van der Waals surface area (Å²) in [5.74, 6) is -0.0255. The molecule has 0 aromatic carbocycles. The number of likely N-dealkylation sites (tertiary alicyclic amines) is 1. The van der Waals surface area contributed by atoms with Gasteiger partial charge in [-0.2, -0.15) is 0 Å². The van der Waals surface area contributed by atoms with E-state index in [-0.39, 0.29) is 11.6 Å². The lowest BCUT2D eigenvalue weighted by atomic mass is 9.86. The fourth-order valence-corrected chi connectivity index (χ4v) is 2.68. The molecule has 21 heavy (non-hydrogen) atoms. The highest BCUT2D eigenvalue weighted by Gasteiger charge is 2.23. The summed E-state index contributed by atoms with van der Waals surface area (Å²) in [4.78, 5) is 30.2. The first-order valence-electron chi connectivity index (χ1n) is 7.67. The van der Waals surface area contributed by atoms with Crippen molar-refractivity contribution in [3.05, 3.63) is 29.6 Å². The molecule has 0 atom stereocenters. The standard InChI is InChI=1S/C16H20N2O3/c19-15(18-9-1-2-10-18)13-7-4-8-14(17-13)16(20)21-11-12-5-3-6-12/h4,7-8,12H,1-3,5-6,9-11H2. The summed E-state index contributed by atoms with van der Waals surface area (Å²) in [6.07, 6.45) is 5.56. The average Bonchev–Trinajstić information content (AvgIpc) is 2.99. The largest absolute Gasteiger partial charge is 0.461 e. The SMILES string of the molecule is O=C(OCC1CCC1)c1cccc(C(=O)N2CCCC2)n1. The van der Waals surface area contributed by atoms with E-state index in [1.807, 2.05) is 0 Å². The van der Waals surface area contributed by atoms with Gasteiger partial charge in [0.05, 0.1) is 6.61 Å². The van der Waals surface area contributed by atoms with E-state index >= 15 is 0 Å². The Morgan fingerprint density at radius 1 is 1.14 bits per heavy atom. The van der Waals surface area contributed by atoms with Crippen LogP contribution in [0.15, 0.2) is 18.2 Å². The monoisotopic (exact) mass is 288 g/mol. The van der Waals surface area contributed by atoms with Crippen molar-refractivity contribution >= 4 is 11.9 Å². The van der Waals surface area contributed by atoms with Crippen LogP contribution >= 0.6 is 0 Å². The Labute approximate surface area is 124 Å². The van der Waals surface area contributed by atoms with E-state index in [4.69, 9.17) is 4.74 Å². The van der Waals surface area contributed by atoms with Crippen LogP contribution in [0.3, 0.4) is 0 Å². The van der Waals surface area contributed by atoms with Gasteiger partial charge in [-0.15, -0.1) is 0 Å². The van der Waals surface area contributed by atoms with Crippen molar-refractivity contribution in [2.75, 3.05) is 19.7 Å². The van der Waals surface area contributed by atoms with E-state index in [2.05, 4.69) is 4.98 Å². The zero-order valence-corrected chi connectivity index (χ0v) is 12.1. The van der Waals surface area contributed by atoms with Crippen LogP contribution < -0.4 is 0 Å². The second-order valence-corrected chi connectivity index (χ2v) is 5.80. The Balaban J connectivity index is 1.64. The van der Waals surface area contributed by atoms with Gasteiger partial charge in [-0.3, -0.25) is 4.79 Å². The molecule has 1 aliphatic carbocycles. The molecule has 1 amide bonds.